The van der Waals surface area contributed by atoms with Crippen molar-refractivity contribution in [1.82, 2.24) is 10.6 Å². The first-order chi connectivity index (χ1) is 13.6. The Morgan fingerprint density at radius 2 is 1.96 bits per heavy atom. The second kappa shape index (κ2) is 9.84. The lowest BCUT2D eigenvalue weighted by atomic mass is 9.85. The molecule has 1 saturated carbocycles. The Hall–Kier alpha value is -2.19. The Balaban J connectivity index is 1.41. The van der Waals surface area contributed by atoms with E-state index >= 15 is 0 Å². The van der Waals surface area contributed by atoms with Gasteiger partial charge in [-0.3, -0.25) is 4.79 Å². The van der Waals surface area contributed by atoms with Crippen LogP contribution in [0.3, 0.4) is 0 Å². The van der Waals surface area contributed by atoms with E-state index in [1.807, 2.05) is 0 Å². The van der Waals surface area contributed by atoms with Crippen LogP contribution in [0.5, 0.6) is 0 Å². The van der Waals surface area contributed by atoms with Gasteiger partial charge in [-0.15, -0.1) is 0 Å². The molecule has 1 saturated heterocycles. The van der Waals surface area contributed by atoms with Crippen molar-refractivity contribution in [3.05, 3.63) is 30.1 Å². The van der Waals surface area contributed by atoms with Crippen LogP contribution in [0.15, 0.2) is 24.3 Å². The molecule has 1 aromatic carbocycles. The maximum atomic E-state index is 13.6. The summed E-state index contributed by atoms with van der Waals surface area (Å²) in [5.41, 5.74) is 0.0948. The number of carbonyl (C=O) groups is 2. The summed E-state index contributed by atoms with van der Waals surface area (Å²) >= 11 is 0. The molecule has 1 heterocycles. The number of urea groups is 1. The summed E-state index contributed by atoms with van der Waals surface area (Å²) in [5.74, 6) is -0.232. The normalized spacial score (nSPS) is 24.9. The van der Waals surface area contributed by atoms with Crippen LogP contribution in [-0.2, 0) is 9.53 Å². The molecule has 0 spiro atoms. The van der Waals surface area contributed by atoms with Crippen molar-refractivity contribution in [3.8, 4) is 0 Å². The zero-order chi connectivity index (χ0) is 19.9. The van der Waals surface area contributed by atoms with Gasteiger partial charge in [0.2, 0.25) is 5.91 Å². The lowest BCUT2D eigenvalue weighted by molar-refractivity contribution is -0.127. The van der Waals surface area contributed by atoms with Gasteiger partial charge in [0.15, 0.2) is 0 Å². The minimum absolute atomic E-state index is 0.0773. The number of para-hydroxylation sites is 1. The van der Waals surface area contributed by atoms with E-state index in [0.29, 0.717) is 25.8 Å². The number of anilines is 1. The fourth-order valence-electron chi connectivity index (χ4n) is 3.57. The zero-order valence-corrected chi connectivity index (χ0v) is 15.8. The summed E-state index contributed by atoms with van der Waals surface area (Å²) in [5, 5.41) is 17.8. The van der Waals surface area contributed by atoms with E-state index in [2.05, 4.69) is 16.0 Å². The molecule has 2 fully saturated rings. The molecule has 3 amide bonds. The zero-order valence-electron chi connectivity index (χ0n) is 15.8. The molecule has 3 atom stereocenters. The van der Waals surface area contributed by atoms with E-state index in [0.717, 1.165) is 19.3 Å². The van der Waals surface area contributed by atoms with E-state index < -0.39 is 18.0 Å². The van der Waals surface area contributed by atoms with Crippen LogP contribution in [0, 0.1) is 11.7 Å². The minimum atomic E-state index is -0.539. The number of aliphatic hydroxyl groups is 1. The van der Waals surface area contributed by atoms with Crippen molar-refractivity contribution < 1.29 is 23.8 Å². The summed E-state index contributed by atoms with van der Waals surface area (Å²) < 4.78 is 19.5. The Labute approximate surface area is 164 Å². The van der Waals surface area contributed by atoms with Crippen molar-refractivity contribution >= 4 is 17.6 Å². The average Bonchev–Trinajstić information content (AvgIpc) is 2.63. The molecular formula is C20H28FN3O4. The predicted molar refractivity (Wildman–Crippen MR) is 102 cm³/mol. The van der Waals surface area contributed by atoms with Gasteiger partial charge >= 0.3 is 6.03 Å². The number of amides is 3. The number of benzene rings is 1. The highest BCUT2D eigenvalue weighted by atomic mass is 19.1. The van der Waals surface area contributed by atoms with Crippen LogP contribution in [0.25, 0.3) is 0 Å². The van der Waals surface area contributed by atoms with Crippen LogP contribution >= 0.6 is 0 Å². The second-order valence-electron chi connectivity index (χ2n) is 7.45. The summed E-state index contributed by atoms with van der Waals surface area (Å²) in [6.07, 6.45) is 4.47. The molecule has 0 radical (unpaired) electrons. The third-order valence-corrected chi connectivity index (χ3v) is 5.48. The second-order valence-corrected chi connectivity index (χ2v) is 7.45. The van der Waals surface area contributed by atoms with Gasteiger partial charge in [0.1, 0.15) is 11.9 Å². The average molecular weight is 393 g/mol. The largest absolute Gasteiger partial charge is 0.394 e. The third-order valence-electron chi connectivity index (χ3n) is 5.48. The molecule has 1 aromatic rings. The van der Waals surface area contributed by atoms with Gasteiger partial charge < -0.3 is 25.8 Å². The third kappa shape index (κ3) is 5.42. The van der Waals surface area contributed by atoms with Crippen LogP contribution in [0.4, 0.5) is 14.9 Å². The van der Waals surface area contributed by atoms with Crippen molar-refractivity contribution in [3.63, 3.8) is 0 Å². The first-order valence-corrected chi connectivity index (χ1v) is 9.93. The molecule has 2 aliphatic rings. The number of hydrogen-bond donors (Lipinski definition) is 4. The Morgan fingerprint density at radius 1 is 1.18 bits per heavy atom. The highest BCUT2D eigenvalue weighted by molar-refractivity contribution is 5.89. The Bertz CT molecular complexity index is 683. The molecule has 154 valence electrons. The molecule has 0 unspecified atom stereocenters. The highest BCUT2D eigenvalue weighted by Crippen LogP contribution is 2.26. The smallest absolute Gasteiger partial charge is 0.319 e. The monoisotopic (exact) mass is 393 g/mol. The highest BCUT2D eigenvalue weighted by Gasteiger charge is 2.32. The fraction of sp³-hybridized carbons (Fsp3) is 0.600. The first-order valence-electron chi connectivity index (χ1n) is 9.93. The summed E-state index contributed by atoms with van der Waals surface area (Å²) in [4.78, 5) is 24.0. The molecule has 1 aliphatic heterocycles. The van der Waals surface area contributed by atoms with Crippen LogP contribution < -0.4 is 16.0 Å². The van der Waals surface area contributed by atoms with Crippen LogP contribution in [-0.4, -0.2) is 48.4 Å². The quantitative estimate of drug-likeness (QED) is 0.570. The number of nitrogens with one attached hydrogen (secondary N) is 3. The van der Waals surface area contributed by atoms with E-state index in [1.54, 1.807) is 12.1 Å². The van der Waals surface area contributed by atoms with E-state index in [1.165, 1.54) is 12.1 Å². The van der Waals surface area contributed by atoms with Crippen LogP contribution in [0.2, 0.25) is 0 Å². The topological polar surface area (TPSA) is 99.7 Å². The van der Waals surface area contributed by atoms with E-state index in [9.17, 15) is 19.1 Å². The summed E-state index contributed by atoms with van der Waals surface area (Å²) in [7, 11) is 0. The number of halogens is 1. The van der Waals surface area contributed by atoms with Gasteiger partial charge in [0.05, 0.1) is 24.4 Å². The minimum Gasteiger partial charge on any atom is -0.394 e. The maximum absolute atomic E-state index is 13.6. The summed E-state index contributed by atoms with van der Waals surface area (Å²) in [6, 6.07) is 5.02. The standard InChI is InChI=1S/C20H28FN3O4/c21-15-6-1-2-7-16(15)23-20(27)24-17-9-8-14(28-18(17)12-25)10-11-22-19(26)13-4-3-5-13/h1-2,6-7,13-14,17-18,25H,3-5,8-12H2,(H,22,26)(H2,23,24,27)/t14-,17+,18+/m1/s1. The molecule has 4 N–H and O–H groups in total. The molecule has 7 nitrogen and oxygen atoms in total. The fourth-order valence-corrected chi connectivity index (χ4v) is 3.57. The van der Waals surface area contributed by atoms with Gasteiger partial charge in [-0.25, -0.2) is 9.18 Å². The molecule has 8 heteroatoms. The first kappa shape index (κ1) is 20.5. The lowest BCUT2D eigenvalue weighted by Gasteiger charge is -2.36. The van der Waals surface area contributed by atoms with Crippen molar-refractivity contribution in [2.24, 2.45) is 5.92 Å². The van der Waals surface area contributed by atoms with Crippen molar-refractivity contribution in [1.29, 1.82) is 0 Å². The molecule has 0 aromatic heterocycles. The van der Waals surface area contributed by atoms with Crippen LogP contribution in [0.1, 0.15) is 38.5 Å². The lowest BCUT2D eigenvalue weighted by Crippen LogP contribution is -2.52. The number of carbonyl (C=O) groups excluding carboxylic acids is 2. The summed E-state index contributed by atoms with van der Waals surface area (Å²) in [6.45, 7) is 0.319. The van der Waals surface area contributed by atoms with Gasteiger partial charge in [-0.2, -0.15) is 0 Å². The molecule has 28 heavy (non-hydrogen) atoms. The van der Waals surface area contributed by atoms with Gasteiger partial charge in [-0.05, 0) is 44.2 Å². The molecular weight excluding hydrogens is 365 g/mol. The van der Waals surface area contributed by atoms with Gasteiger partial charge in [-0.1, -0.05) is 18.6 Å². The van der Waals surface area contributed by atoms with Gasteiger partial charge in [0.25, 0.3) is 0 Å². The van der Waals surface area contributed by atoms with Crippen molar-refractivity contribution in [2.75, 3.05) is 18.5 Å². The Kier molecular flexibility index (Phi) is 7.22. The van der Waals surface area contributed by atoms with Gasteiger partial charge in [0, 0.05) is 12.5 Å². The number of hydrogen-bond acceptors (Lipinski definition) is 4. The maximum Gasteiger partial charge on any atom is 0.319 e. The SMILES string of the molecule is O=C(Nc1ccccc1F)N[C@H]1CC[C@H](CCNC(=O)C2CCC2)O[C@H]1CO. The van der Waals surface area contributed by atoms with Crippen molar-refractivity contribution in [2.45, 2.75) is 56.8 Å². The predicted octanol–water partition coefficient (Wildman–Crippen LogP) is 2.16. The molecule has 3 rings (SSSR count). The number of aliphatic hydroxyl groups excluding tert-OH is 1. The Morgan fingerprint density at radius 3 is 2.64 bits per heavy atom. The van der Waals surface area contributed by atoms with E-state index in [4.69, 9.17) is 4.74 Å². The number of rotatable bonds is 7. The molecule has 1 aliphatic carbocycles. The number of ether oxygens (including phenoxy) is 1. The van der Waals surface area contributed by atoms with E-state index in [-0.39, 0.29) is 36.3 Å². The molecule has 0 bridgehead atoms.